The average molecular weight is 412 g/mol. The van der Waals surface area contributed by atoms with Crippen LogP contribution in [0.2, 0.25) is 0 Å². The van der Waals surface area contributed by atoms with Crippen LogP contribution in [0.15, 0.2) is 29.2 Å². The smallest absolute Gasteiger partial charge is 0.243 e. The lowest BCUT2D eigenvalue weighted by molar-refractivity contribution is -0.131. The van der Waals surface area contributed by atoms with Gasteiger partial charge in [0, 0.05) is 26.7 Å². The molecule has 1 aliphatic heterocycles. The van der Waals surface area contributed by atoms with Gasteiger partial charge in [0.05, 0.1) is 17.9 Å². The normalized spacial score (nSPS) is 18.6. The van der Waals surface area contributed by atoms with E-state index in [2.05, 4.69) is 10.6 Å². The molecule has 156 valence electrons. The van der Waals surface area contributed by atoms with Crippen molar-refractivity contribution in [1.82, 2.24) is 14.9 Å². The van der Waals surface area contributed by atoms with Crippen LogP contribution in [0.1, 0.15) is 32.8 Å². The second kappa shape index (κ2) is 9.02. The van der Waals surface area contributed by atoms with Gasteiger partial charge >= 0.3 is 0 Å². The van der Waals surface area contributed by atoms with Crippen LogP contribution in [0.5, 0.6) is 0 Å². The van der Waals surface area contributed by atoms with Crippen molar-refractivity contribution in [3.63, 3.8) is 0 Å². The number of nitrogens with one attached hydrogen (secondary N) is 2. The van der Waals surface area contributed by atoms with Gasteiger partial charge in [0.25, 0.3) is 0 Å². The number of ether oxygens (including phenoxy) is 1. The summed E-state index contributed by atoms with van der Waals surface area (Å²) in [6, 6.07) is 5.59. The molecule has 2 rings (SSSR count). The average Bonchev–Trinajstić information content (AvgIpc) is 2.63. The third-order valence-electron chi connectivity index (χ3n) is 4.62. The Balaban J connectivity index is 2.23. The van der Waals surface area contributed by atoms with E-state index in [1.165, 1.54) is 7.11 Å². The zero-order valence-corrected chi connectivity index (χ0v) is 17.6. The van der Waals surface area contributed by atoms with Gasteiger partial charge in [-0.15, -0.1) is 0 Å². The highest BCUT2D eigenvalue weighted by Gasteiger charge is 2.39. The van der Waals surface area contributed by atoms with E-state index in [1.807, 2.05) is 20.8 Å². The molecule has 1 atom stereocenters. The number of sulfonamides is 1. The number of carbonyl (C=O) groups excluding carboxylic acids is 2. The lowest BCUT2D eigenvalue weighted by atomic mass is 9.87. The molecule has 0 bridgehead atoms. The first-order chi connectivity index (χ1) is 13.1. The van der Waals surface area contributed by atoms with Gasteiger partial charge in [-0.3, -0.25) is 9.59 Å². The molecule has 1 aliphatic rings. The first-order valence-corrected chi connectivity index (χ1v) is 10.7. The van der Waals surface area contributed by atoms with Crippen molar-refractivity contribution in [2.24, 2.45) is 0 Å². The molecule has 2 N–H and O–H groups in total. The maximum Gasteiger partial charge on any atom is 0.243 e. The summed E-state index contributed by atoms with van der Waals surface area (Å²) in [4.78, 5) is 24.6. The zero-order valence-electron chi connectivity index (χ0n) is 16.8. The first kappa shape index (κ1) is 22.3. The second-order valence-corrected chi connectivity index (χ2v) is 9.63. The van der Waals surface area contributed by atoms with E-state index in [0.717, 1.165) is 9.87 Å². The predicted molar refractivity (Wildman–Crippen MR) is 105 cm³/mol. The Bertz CT molecular complexity index is 800. The molecule has 1 aromatic carbocycles. The molecule has 1 unspecified atom stereocenters. The molecule has 1 heterocycles. The van der Waals surface area contributed by atoms with E-state index in [0.29, 0.717) is 13.2 Å². The monoisotopic (exact) mass is 411 g/mol. The van der Waals surface area contributed by atoms with E-state index < -0.39 is 27.9 Å². The highest BCUT2D eigenvalue weighted by Crippen LogP contribution is 2.26. The van der Waals surface area contributed by atoms with Crippen molar-refractivity contribution in [3.05, 3.63) is 29.8 Å². The van der Waals surface area contributed by atoms with Crippen molar-refractivity contribution < 1.29 is 22.7 Å². The van der Waals surface area contributed by atoms with E-state index in [4.69, 9.17) is 4.74 Å². The molecular formula is C19H29N3O5S. The van der Waals surface area contributed by atoms with E-state index in [9.17, 15) is 18.0 Å². The molecule has 0 spiro atoms. The van der Waals surface area contributed by atoms with Crippen LogP contribution in [0.3, 0.4) is 0 Å². The van der Waals surface area contributed by atoms with Crippen LogP contribution < -0.4 is 10.6 Å². The molecule has 1 saturated heterocycles. The maximum absolute atomic E-state index is 13.1. The van der Waals surface area contributed by atoms with Gasteiger partial charge in [0.2, 0.25) is 21.8 Å². The topological polar surface area (TPSA) is 105 Å². The van der Waals surface area contributed by atoms with Crippen molar-refractivity contribution in [1.29, 1.82) is 0 Å². The summed E-state index contributed by atoms with van der Waals surface area (Å²) >= 11 is 0. The Kier molecular flexibility index (Phi) is 7.19. The summed E-state index contributed by atoms with van der Waals surface area (Å²) in [6.45, 7) is 7.09. The molecule has 0 radical (unpaired) electrons. The second-order valence-electron chi connectivity index (χ2n) is 7.74. The number of hydrogen-bond acceptors (Lipinski definition) is 5. The van der Waals surface area contributed by atoms with Crippen molar-refractivity contribution in [2.75, 3.05) is 33.4 Å². The summed E-state index contributed by atoms with van der Waals surface area (Å²) in [7, 11) is -2.40. The van der Waals surface area contributed by atoms with Crippen LogP contribution in [0, 0.1) is 0 Å². The van der Waals surface area contributed by atoms with Crippen LogP contribution in [-0.4, -0.2) is 63.9 Å². The fourth-order valence-electron chi connectivity index (χ4n) is 2.98. The van der Waals surface area contributed by atoms with Crippen molar-refractivity contribution in [2.45, 2.75) is 43.5 Å². The summed E-state index contributed by atoms with van der Waals surface area (Å²) in [5, 5.41) is 5.26. The highest BCUT2D eigenvalue weighted by atomic mass is 32.2. The van der Waals surface area contributed by atoms with Gasteiger partial charge in [0.15, 0.2) is 0 Å². The Labute approximate surface area is 166 Å². The number of carbonyl (C=O) groups is 2. The minimum Gasteiger partial charge on any atom is -0.383 e. The Morgan fingerprint density at radius 2 is 1.93 bits per heavy atom. The fraction of sp³-hybridized carbons (Fsp3) is 0.579. The summed E-state index contributed by atoms with van der Waals surface area (Å²) < 4.78 is 32.3. The van der Waals surface area contributed by atoms with Crippen LogP contribution >= 0.6 is 0 Å². The molecule has 2 amide bonds. The lowest BCUT2D eigenvalue weighted by Gasteiger charge is -2.33. The largest absolute Gasteiger partial charge is 0.383 e. The molecule has 0 aromatic heterocycles. The quantitative estimate of drug-likeness (QED) is 0.640. The first-order valence-electron chi connectivity index (χ1n) is 9.23. The Hall–Kier alpha value is -1.97. The van der Waals surface area contributed by atoms with E-state index >= 15 is 0 Å². The van der Waals surface area contributed by atoms with Crippen molar-refractivity contribution >= 4 is 21.8 Å². The zero-order chi connectivity index (χ0) is 20.9. The molecule has 1 fully saturated rings. The standard InChI is InChI=1S/C19H29N3O5S/c1-19(2,3)14-5-7-15(8-6-14)28(25,26)22-11-9-21-18(24)16(22)13-17(23)20-10-12-27-4/h5-8,16H,9-13H2,1-4H3,(H,20,23)(H,21,24). The van der Waals surface area contributed by atoms with Crippen LogP contribution in [0.4, 0.5) is 0 Å². The van der Waals surface area contributed by atoms with Gasteiger partial charge in [-0.05, 0) is 23.1 Å². The minimum absolute atomic E-state index is 0.101. The van der Waals surface area contributed by atoms with Gasteiger partial charge < -0.3 is 15.4 Å². The number of piperazine rings is 1. The number of benzene rings is 1. The molecule has 0 saturated carbocycles. The number of nitrogens with zero attached hydrogens (tertiary/aromatic N) is 1. The van der Waals surface area contributed by atoms with Gasteiger partial charge in [-0.2, -0.15) is 4.31 Å². The van der Waals surface area contributed by atoms with Crippen LogP contribution in [0.25, 0.3) is 0 Å². The molecule has 28 heavy (non-hydrogen) atoms. The number of rotatable bonds is 7. The van der Waals surface area contributed by atoms with Gasteiger partial charge in [0.1, 0.15) is 6.04 Å². The van der Waals surface area contributed by atoms with Crippen LogP contribution in [-0.2, 0) is 29.8 Å². The number of hydrogen-bond donors (Lipinski definition) is 2. The molecule has 1 aromatic rings. The Morgan fingerprint density at radius 3 is 2.50 bits per heavy atom. The molecule has 0 aliphatic carbocycles. The number of methoxy groups -OCH3 is 1. The van der Waals surface area contributed by atoms with Gasteiger partial charge in [-0.25, -0.2) is 8.42 Å². The summed E-state index contributed by atoms with van der Waals surface area (Å²) in [5.74, 6) is -0.870. The summed E-state index contributed by atoms with van der Waals surface area (Å²) in [5.41, 5.74) is 0.910. The highest BCUT2D eigenvalue weighted by molar-refractivity contribution is 7.89. The fourth-order valence-corrected chi connectivity index (χ4v) is 4.57. The molecule has 8 nitrogen and oxygen atoms in total. The third-order valence-corrected chi connectivity index (χ3v) is 6.54. The maximum atomic E-state index is 13.1. The predicted octanol–water partition coefficient (Wildman–Crippen LogP) is 0.626. The Morgan fingerprint density at radius 1 is 1.29 bits per heavy atom. The minimum atomic E-state index is -3.91. The van der Waals surface area contributed by atoms with Crippen molar-refractivity contribution in [3.8, 4) is 0 Å². The molecular weight excluding hydrogens is 382 g/mol. The SMILES string of the molecule is COCCNC(=O)CC1C(=O)NCCN1S(=O)(=O)c1ccc(C(C)(C)C)cc1. The third kappa shape index (κ3) is 5.30. The van der Waals surface area contributed by atoms with Gasteiger partial charge in [-0.1, -0.05) is 32.9 Å². The van der Waals surface area contributed by atoms with E-state index in [-0.39, 0.29) is 29.8 Å². The summed E-state index contributed by atoms with van der Waals surface area (Å²) in [6.07, 6.45) is -0.241. The molecule has 9 heteroatoms. The number of amides is 2. The van der Waals surface area contributed by atoms with E-state index in [1.54, 1.807) is 24.3 Å². The lowest BCUT2D eigenvalue weighted by Crippen LogP contribution is -2.58.